The lowest BCUT2D eigenvalue weighted by Gasteiger charge is -2.23. The van der Waals surface area contributed by atoms with Crippen molar-refractivity contribution in [3.05, 3.63) is 16.3 Å². The molecular weight excluding hydrogens is 320 g/mol. The molecule has 128 valence electrons. The fraction of sp³-hybridized carbons (Fsp3) is 0.611. The standard InChI is InChI=1S/C18H24N4OS/c1-9-13-15(19)20-10(2)21-16(13)24-14(9)17(23)22-8-18(3,4)11-6-5-7-12(11)22/h11-12H,5-8H2,1-4H3,(H2,19,20,21)/t11-,12+/m1/s1. The minimum Gasteiger partial charge on any atom is -0.383 e. The van der Waals surface area contributed by atoms with Gasteiger partial charge in [0.05, 0.1) is 10.3 Å². The first-order valence-corrected chi connectivity index (χ1v) is 9.45. The maximum Gasteiger partial charge on any atom is 0.264 e. The molecule has 6 heteroatoms. The van der Waals surface area contributed by atoms with Crippen molar-refractivity contribution in [1.29, 1.82) is 0 Å². The van der Waals surface area contributed by atoms with Gasteiger partial charge in [0.25, 0.3) is 5.91 Å². The van der Waals surface area contributed by atoms with Crippen LogP contribution >= 0.6 is 11.3 Å². The normalized spacial score (nSPS) is 25.4. The number of thiophene rings is 1. The van der Waals surface area contributed by atoms with Crippen molar-refractivity contribution in [1.82, 2.24) is 14.9 Å². The molecular formula is C18H24N4OS. The van der Waals surface area contributed by atoms with Gasteiger partial charge < -0.3 is 10.6 Å². The molecule has 1 aliphatic carbocycles. The summed E-state index contributed by atoms with van der Waals surface area (Å²) in [5.74, 6) is 1.91. The van der Waals surface area contributed by atoms with E-state index in [0.29, 0.717) is 23.6 Å². The van der Waals surface area contributed by atoms with Gasteiger partial charge >= 0.3 is 0 Å². The molecule has 2 atom stereocenters. The Morgan fingerprint density at radius 3 is 2.79 bits per heavy atom. The van der Waals surface area contributed by atoms with Crippen LogP contribution in [-0.2, 0) is 0 Å². The Morgan fingerprint density at radius 2 is 2.04 bits per heavy atom. The molecule has 2 aromatic heterocycles. The predicted octanol–water partition coefficient (Wildman–Crippen LogP) is 3.54. The van der Waals surface area contributed by atoms with Gasteiger partial charge in [-0.15, -0.1) is 11.3 Å². The molecule has 2 aromatic rings. The van der Waals surface area contributed by atoms with E-state index in [9.17, 15) is 4.79 Å². The number of aryl methyl sites for hydroxylation is 2. The van der Waals surface area contributed by atoms with Gasteiger partial charge in [-0.25, -0.2) is 9.97 Å². The second kappa shape index (κ2) is 5.15. The Balaban J connectivity index is 1.77. The van der Waals surface area contributed by atoms with E-state index in [2.05, 4.69) is 28.7 Å². The Labute approximate surface area is 146 Å². The number of aromatic nitrogens is 2. The quantitative estimate of drug-likeness (QED) is 0.859. The van der Waals surface area contributed by atoms with Gasteiger partial charge in [-0.2, -0.15) is 0 Å². The zero-order valence-electron chi connectivity index (χ0n) is 14.7. The van der Waals surface area contributed by atoms with Crippen LogP contribution in [0.15, 0.2) is 0 Å². The van der Waals surface area contributed by atoms with Crippen molar-refractivity contribution < 1.29 is 4.79 Å². The molecule has 0 bridgehead atoms. The Bertz CT molecular complexity index is 841. The summed E-state index contributed by atoms with van der Waals surface area (Å²) in [5, 5.41) is 0.843. The number of amides is 1. The first-order valence-electron chi connectivity index (χ1n) is 8.64. The van der Waals surface area contributed by atoms with Gasteiger partial charge in [0.2, 0.25) is 0 Å². The van der Waals surface area contributed by atoms with E-state index in [1.807, 2.05) is 13.8 Å². The molecule has 2 fully saturated rings. The average Bonchev–Trinajstić information content (AvgIpc) is 3.14. The molecule has 1 saturated heterocycles. The highest BCUT2D eigenvalue weighted by molar-refractivity contribution is 7.20. The lowest BCUT2D eigenvalue weighted by Crippen LogP contribution is -2.36. The van der Waals surface area contributed by atoms with E-state index in [0.717, 1.165) is 33.6 Å². The number of carbonyl (C=O) groups is 1. The second-order valence-electron chi connectivity index (χ2n) is 7.92. The van der Waals surface area contributed by atoms with E-state index < -0.39 is 0 Å². The molecule has 0 radical (unpaired) electrons. The summed E-state index contributed by atoms with van der Waals surface area (Å²) in [5.41, 5.74) is 7.22. The molecule has 1 aliphatic heterocycles. The van der Waals surface area contributed by atoms with Crippen LogP contribution in [0.4, 0.5) is 5.82 Å². The largest absolute Gasteiger partial charge is 0.383 e. The third kappa shape index (κ3) is 2.15. The minimum absolute atomic E-state index is 0.148. The number of carbonyl (C=O) groups excluding carboxylic acids is 1. The van der Waals surface area contributed by atoms with Crippen LogP contribution < -0.4 is 5.73 Å². The molecule has 0 aromatic carbocycles. The number of rotatable bonds is 1. The highest BCUT2D eigenvalue weighted by atomic mass is 32.1. The van der Waals surface area contributed by atoms with Crippen molar-refractivity contribution in [2.75, 3.05) is 12.3 Å². The SMILES string of the molecule is Cc1nc(N)c2c(C)c(C(=O)N3CC(C)(C)[C@@H]4CCC[C@@H]43)sc2n1. The van der Waals surface area contributed by atoms with Crippen LogP contribution in [0.1, 0.15) is 54.2 Å². The molecule has 4 rings (SSSR count). The zero-order valence-corrected chi connectivity index (χ0v) is 15.5. The average molecular weight is 344 g/mol. The van der Waals surface area contributed by atoms with Gasteiger partial charge in [-0.05, 0) is 43.6 Å². The van der Waals surface area contributed by atoms with E-state index in [4.69, 9.17) is 5.73 Å². The highest BCUT2D eigenvalue weighted by Crippen LogP contribution is 2.49. The molecule has 2 aliphatic rings. The van der Waals surface area contributed by atoms with E-state index in [1.54, 1.807) is 0 Å². The van der Waals surface area contributed by atoms with Crippen LogP contribution in [0.3, 0.4) is 0 Å². The number of nitrogens with zero attached hydrogens (tertiary/aromatic N) is 3. The van der Waals surface area contributed by atoms with Crippen molar-refractivity contribution in [2.45, 2.75) is 53.0 Å². The minimum atomic E-state index is 0.148. The molecule has 1 saturated carbocycles. The van der Waals surface area contributed by atoms with Gasteiger partial charge in [0.15, 0.2) is 0 Å². The summed E-state index contributed by atoms with van der Waals surface area (Å²) in [4.78, 5) is 25.8. The number of nitrogens with two attached hydrogens (primary N) is 1. The summed E-state index contributed by atoms with van der Waals surface area (Å²) in [6.45, 7) is 9.24. The molecule has 0 unspecified atom stereocenters. The van der Waals surface area contributed by atoms with E-state index in [1.165, 1.54) is 24.2 Å². The second-order valence-corrected chi connectivity index (χ2v) is 8.92. The number of nitrogen functional groups attached to an aromatic ring is 1. The van der Waals surface area contributed by atoms with Crippen molar-refractivity contribution in [3.63, 3.8) is 0 Å². The number of hydrogen-bond acceptors (Lipinski definition) is 5. The summed E-state index contributed by atoms with van der Waals surface area (Å²) in [6.07, 6.45) is 3.60. The predicted molar refractivity (Wildman–Crippen MR) is 97.2 cm³/mol. The molecule has 5 nitrogen and oxygen atoms in total. The van der Waals surface area contributed by atoms with Crippen LogP contribution in [0.25, 0.3) is 10.2 Å². The lowest BCUT2D eigenvalue weighted by atomic mass is 9.80. The lowest BCUT2D eigenvalue weighted by molar-refractivity contribution is 0.0726. The molecule has 0 spiro atoms. The molecule has 3 heterocycles. The summed E-state index contributed by atoms with van der Waals surface area (Å²) in [7, 11) is 0. The Morgan fingerprint density at radius 1 is 1.29 bits per heavy atom. The summed E-state index contributed by atoms with van der Waals surface area (Å²) >= 11 is 1.46. The number of likely N-dealkylation sites (tertiary alicyclic amines) is 1. The van der Waals surface area contributed by atoms with Gasteiger partial charge in [0, 0.05) is 12.6 Å². The molecule has 2 N–H and O–H groups in total. The Hall–Kier alpha value is -1.69. The smallest absolute Gasteiger partial charge is 0.264 e. The third-order valence-corrected chi connectivity index (χ3v) is 7.02. The summed E-state index contributed by atoms with van der Waals surface area (Å²) in [6, 6.07) is 0.391. The highest BCUT2D eigenvalue weighted by Gasteiger charge is 2.50. The first kappa shape index (κ1) is 15.8. The van der Waals surface area contributed by atoms with Crippen molar-refractivity contribution in [2.24, 2.45) is 11.3 Å². The molecule has 24 heavy (non-hydrogen) atoms. The van der Waals surface area contributed by atoms with E-state index >= 15 is 0 Å². The molecule has 1 amide bonds. The monoisotopic (exact) mass is 344 g/mol. The fourth-order valence-corrected chi connectivity index (χ4v) is 5.93. The van der Waals surface area contributed by atoms with Crippen molar-refractivity contribution >= 4 is 33.3 Å². The zero-order chi connectivity index (χ0) is 17.2. The van der Waals surface area contributed by atoms with Crippen LogP contribution in [-0.4, -0.2) is 33.4 Å². The fourth-order valence-electron chi connectivity index (χ4n) is 4.74. The third-order valence-electron chi connectivity index (χ3n) is 5.85. The maximum absolute atomic E-state index is 13.3. The number of anilines is 1. The van der Waals surface area contributed by atoms with Crippen LogP contribution in [0, 0.1) is 25.2 Å². The van der Waals surface area contributed by atoms with Gasteiger partial charge in [-0.3, -0.25) is 4.79 Å². The first-order chi connectivity index (χ1) is 11.3. The van der Waals surface area contributed by atoms with E-state index in [-0.39, 0.29) is 11.3 Å². The van der Waals surface area contributed by atoms with Crippen LogP contribution in [0.2, 0.25) is 0 Å². The van der Waals surface area contributed by atoms with Gasteiger partial charge in [0.1, 0.15) is 16.5 Å². The number of fused-ring (bicyclic) bond motifs is 2. The number of hydrogen-bond donors (Lipinski definition) is 1. The summed E-state index contributed by atoms with van der Waals surface area (Å²) < 4.78 is 0. The van der Waals surface area contributed by atoms with Gasteiger partial charge in [-0.1, -0.05) is 20.3 Å². The topological polar surface area (TPSA) is 72.1 Å². The maximum atomic E-state index is 13.3. The van der Waals surface area contributed by atoms with Crippen molar-refractivity contribution in [3.8, 4) is 0 Å². The Kier molecular flexibility index (Phi) is 3.39. The van der Waals surface area contributed by atoms with Crippen LogP contribution in [0.5, 0.6) is 0 Å².